The van der Waals surface area contributed by atoms with Crippen molar-refractivity contribution in [3.63, 3.8) is 0 Å². The molecular weight excluding hydrogens is 467 g/mol. The predicted molar refractivity (Wildman–Crippen MR) is 125 cm³/mol. The topological polar surface area (TPSA) is 67.6 Å². The van der Waals surface area contributed by atoms with Crippen LogP contribution in [0, 0.1) is 18.8 Å². The van der Waals surface area contributed by atoms with E-state index >= 15 is 0 Å². The van der Waals surface area contributed by atoms with Crippen molar-refractivity contribution in [1.82, 2.24) is 25.0 Å². The molecule has 0 aromatic carbocycles. The van der Waals surface area contributed by atoms with Gasteiger partial charge in [0.25, 0.3) is 0 Å². The lowest BCUT2D eigenvalue weighted by atomic mass is 9.83. The number of aromatic nitrogens is 3. The van der Waals surface area contributed by atoms with Gasteiger partial charge in [-0.3, -0.25) is 0 Å². The third-order valence-electron chi connectivity index (χ3n) is 5.53. The molecule has 1 aliphatic carbocycles. The molecule has 0 spiro atoms. The van der Waals surface area contributed by atoms with E-state index in [-0.39, 0.29) is 24.0 Å². The SMILES string of the molecule is CCOCCCNC(=NCc1nnc(C)n1C)N(C)CC1CCC(C)CC1.I. The maximum absolute atomic E-state index is 5.44. The number of nitrogens with one attached hydrogen (secondary N) is 1. The highest BCUT2D eigenvalue weighted by molar-refractivity contribution is 14.0. The Balaban J connectivity index is 0.00000392. The maximum Gasteiger partial charge on any atom is 0.194 e. The molecule has 0 radical (unpaired) electrons. The summed E-state index contributed by atoms with van der Waals surface area (Å²) in [5, 5.41) is 11.9. The highest BCUT2D eigenvalue weighted by Crippen LogP contribution is 2.28. The predicted octanol–water partition coefficient (Wildman–Crippen LogP) is 3.37. The Bertz CT molecular complexity index is 583. The second-order valence-electron chi connectivity index (χ2n) is 7.85. The summed E-state index contributed by atoms with van der Waals surface area (Å²) in [6.45, 7) is 10.4. The van der Waals surface area contributed by atoms with Gasteiger partial charge in [-0.1, -0.05) is 19.8 Å². The number of halogens is 1. The number of aryl methyl sites for hydroxylation is 1. The van der Waals surface area contributed by atoms with Crippen LogP contribution in [0.1, 0.15) is 57.6 Å². The van der Waals surface area contributed by atoms with Crippen LogP contribution in [0.25, 0.3) is 0 Å². The minimum Gasteiger partial charge on any atom is -0.382 e. The molecule has 0 aliphatic heterocycles. The summed E-state index contributed by atoms with van der Waals surface area (Å²) < 4.78 is 7.44. The van der Waals surface area contributed by atoms with Crippen LogP contribution in [-0.4, -0.2) is 59.0 Å². The third kappa shape index (κ3) is 8.23. The Morgan fingerprint density at radius 1 is 1.29 bits per heavy atom. The van der Waals surface area contributed by atoms with Crippen molar-refractivity contribution < 1.29 is 4.74 Å². The van der Waals surface area contributed by atoms with Crippen molar-refractivity contribution in [2.75, 3.05) is 33.4 Å². The van der Waals surface area contributed by atoms with E-state index in [9.17, 15) is 0 Å². The van der Waals surface area contributed by atoms with Crippen LogP contribution < -0.4 is 5.32 Å². The summed E-state index contributed by atoms with van der Waals surface area (Å²) in [5.41, 5.74) is 0. The van der Waals surface area contributed by atoms with Gasteiger partial charge in [0.1, 0.15) is 12.4 Å². The van der Waals surface area contributed by atoms with Gasteiger partial charge in [-0.25, -0.2) is 4.99 Å². The summed E-state index contributed by atoms with van der Waals surface area (Å²) in [6, 6.07) is 0. The molecule has 0 amide bonds. The monoisotopic (exact) mass is 506 g/mol. The van der Waals surface area contributed by atoms with Crippen LogP contribution >= 0.6 is 24.0 Å². The van der Waals surface area contributed by atoms with E-state index in [1.54, 1.807) is 0 Å². The van der Waals surface area contributed by atoms with Crippen molar-refractivity contribution in [2.45, 2.75) is 59.4 Å². The average Bonchev–Trinajstić information content (AvgIpc) is 2.97. The number of aliphatic imine (C=N–C) groups is 1. The highest BCUT2D eigenvalue weighted by atomic mass is 127. The maximum atomic E-state index is 5.44. The molecule has 1 saturated carbocycles. The first kappa shape index (κ1) is 25.1. The summed E-state index contributed by atoms with van der Waals surface area (Å²) >= 11 is 0. The molecule has 1 aliphatic rings. The van der Waals surface area contributed by atoms with E-state index in [0.717, 1.165) is 62.2 Å². The van der Waals surface area contributed by atoms with Crippen molar-refractivity contribution >= 4 is 29.9 Å². The minimum atomic E-state index is 0. The van der Waals surface area contributed by atoms with Gasteiger partial charge in [0, 0.05) is 40.4 Å². The Morgan fingerprint density at radius 3 is 2.61 bits per heavy atom. The lowest BCUT2D eigenvalue weighted by molar-refractivity contribution is 0.145. The van der Waals surface area contributed by atoms with Crippen LogP contribution in [0.4, 0.5) is 0 Å². The molecule has 0 bridgehead atoms. The molecule has 1 fully saturated rings. The molecule has 0 unspecified atom stereocenters. The van der Waals surface area contributed by atoms with Gasteiger partial charge in [-0.05, 0) is 44.9 Å². The first-order chi connectivity index (χ1) is 13.0. The molecule has 2 rings (SSSR count). The number of rotatable bonds is 9. The summed E-state index contributed by atoms with van der Waals surface area (Å²) in [4.78, 5) is 7.12. The van der Waals surface area contributed by atoms with Crippen molar-refractivity contribution in [1.29, 1.82) is 0 Å². The van der Waals surface area contributed by atoms with Crippen LogP contribution in [0.5, 0.6) is 0 Å². The number of nitrogens with zero attached hydrogens (tertiary/aromatic N) is 5. The van der Waals surface area contributed by atoms with Crippen molar-refractivity contribution in [2.24, 2.45) is 23.9 Å². The Kier molecular flexibility index (Phi) is 12.0. The summed E-state index contributed by atoms with van der Waals surface area (Å²) in [5.74, 6) is 4.40. The standard InChI is InChI=1S/C20H38N6O.HI/c1-6-27-13-7-12-21-20(22-14-19-24-23-17(3)26(19)5)25(4)15-18-10-8-16(2)9-11-18;/h16,18H,6-15H2,1-5H3,(H,21,22);1H. The highest BCUT2D eigenvalue weighted by Gasteiger charge is 2.20. The smallest absolute Gasteiger partial charge is 0.194 e. The molecule has 28 heavy (non-hydrogen) atoms. The lowest BCUT2D eigenvalue weighted by Gasteiger charge is -2.31. The van der Waals surface area contributed by atoms with E-state index < -0.39 is 0 Å². The zero-order chi connectivity index (χ0) is 19.6. The van der Waals surface area contributed by atoms with E-state index in [4.69, 9.17) is 9.73 Å². The molecule has 0 atom stereocenters. The fourth-order valence-electron chi connectivity index (χ4n) is 3.55. The minimum absolute atomic E-state index is 0. The summed E-state index contributed by atoms with van der Waals surface area (Å²) in [6.07, 6.45) is 6.33. The Morgan fingerprint density at radius 2 is 2.00 bits per heavy atom. The fourth-order valence-corrected chi connectivity index (χ4v) is 3.55. The summed E-state index contributed by atoms with van der Waals surface area (Å²) in [7, 11) is 4.14. The van der Waals surface area contributed by atoms with E-state index in [1.165, 1.54) is 25.7 Å². The number of guanidine groups is 1. The molecule has 7 nitrogen and oxygen atoms in total. The van der Waals surface area contributed by atoms with Crippen LogP contribution in [0.15, 0.2) is 4.99 Å². The quantitative estimate of drug-likeness (QED) is 0.241. The van der Waals surface area contributed by atoms with Crippen LogP contribution in [0.2, 0.25) is 0 Å². The molecule has 1 N–H and O–H groups in total. The normalized spacial score (nSPS) is 20.0. The first-order valence-corrected chi connectivity index (χ1v) is 10.4. The van der Waals surface area contributed by atoms with E-state index in [0.29, 0.717) is 6.54 Å². The number of hydrogen-bond acceptors (Lipinski definition) is 4. The lowest BCUT2D eigenvalue weighted by Crippen LogP contribution is -2.42. The second-order valence-corrected chi connectivity index (χ2v) is 7.85. The zero-order valence-corrected chi connectivity index (χ0v) is 20.6. The Hall–Kier alpha value is -0.900. The molecule has 162 valence electrons. The van der Waals surface area contributed by atoms with Gasteiger partial charge in [0.15, 0.2) is 11.8 Å². The zero-order valence-electron chi connectivity index (χ0n) is 18.3. The van der Waals surface area contributed by atoms with Gasteiger partial charge in [-0.15, -0.1) is 34.2 Å². The van der Waals surface area contributed by atoms with Crippen LogP contribution in [-0.2, 0) is 18.3 Å². The van der Waals surface area contributed by atoms with Gasteiger partial charge >= 0.3 is 0 Å². The molecule has 1 aromatic heterocycles. The number of hydrogen-bond donors (Lipinski definition) is 1. The van der Waals surface area contributed by atoms with Gasteiger partial charge in [-0.2, -0.15) is 0 Å². The number of ether oxygens (including phenoxy) is 1. The largest absolute Gasteiger partial charge is 0.382 e. The van der Waals surface area contributed by atoms with Gasteiger partial charge in [0.05, 0.1) is 0 Å². The van der Waals surface area contributed by atoms with Gasteiger partial charge in [0.2, 0.25) is 0 Å². The first-order valence-electron chi connectivity index (χ1n) is 10.4. The van der Waals surface area contributed by atoms with E-state index in [2.05, 4.69) is 34.4 Å². The molecule has 1 aromatic rings. The Labute approximate surface area is 187 Å². The van der Waals surface area contributed by atoms with E-state index in [1.807, 2.05) is 25.5 Å². The average molecular weight is 506 g/mol. The fraction of sp³-hybridized carbons (Fsp3) is 0.850. The second kappa shape index (κ2) is 13.3. The molecule has 1 heterocycles. The molecule has 0 saturated heterocycles. The van der Waals surface area contributed by atoms with Gasteiger partial charge < -0.3 is 19.5 Å². The van der Waals surface area contributed by atoms with Crippen molar-refractivity contribution in [3.8, 4) is 0 Å². The van der Waals surface area contributed by atoms with Crippen LogP contribution in [0.3, 0.4) is 0 Å². The third-order valence-corrected chi connectivity index (χ3v) is 5.53. The molecular formula is C20H39IN6O. The van der Waals surface area contributed by atoms with Crippen molar-refractivity contribution in [3.05, 3.63) is 11.6 Å². The molecule has 8 heteroatoms.